The zero-order valence-corrected chi connectivity index (χ0v) is 12.0. The zero-order chi connectivity index (χ0) is 14.9. The first-order chi connectivity index (χ1) is 10.3. The van der Waals surface area contributed by atoms with E-state index in [0.29, 0.717) is 5.56 Å². The van der Waals surface area contributed by atoms with Crippen molar-refractivity contribution in [3.63, 3.8) is 0 Å². The molecule has 0 heterocycles. The van der Waals surface area contributed by atoms with Crippen LogP contribution in [0.15, 0.2) is 58.8 Å². The Hall–Kier alpha value is -2.67. The number of hydrogen-bond donors (Lipinski definition) is 0. The number of azo groups is 1. The fourth-order valence-corrected chi connectivity index (χ4v) is 1.66. The molecule has 0 saturated carbocycles. The quantitative estimate of drug-likeness (QED) is 0.542. The smallest absolute Gasteiger partial charge is 0.119 e. The molecule has 0 bridgehead atoms. The lowest BCUT2D eigenvalue weighted by molar-refractivity contribution is 0.309. The zero-order valence-electron chi connectivity index (χ0n) is 12.0. The van der Waals surface area contributed by atoms with Crippen molar-refractivity contribution in [3.8, 4) is 11.8 Å². The second kappa shape index (κ2) is 7.81. The fraction of sp³-hybridized carbons (Fsp3) is 0.235. The molecule has 4 heteroatoms. The molecule has 21 heavy (non-hydrogen) atoms. The number of hydrogen-bond acceptors (Lipinski definition) is 4. The van der Waals surface area contributed by atoms with Crippen LogP contribution in [0, 0.1) is 11.3 Å². The molecule has 0 saturated heterocycles. The summed E-state index contributed by atoms with van der Waals surface area (Å²) < 4.78 is 5.59. The highest BCUT2D eigenvalue weighted by Gasteiger charge is 1.95. The first kappa shape index (κ1) is 14.7. The molecule has 2 aromatic carbocycles. The molecular formula is C17H17N3O. The molecule has 0 radical (unpaired) electrons. The second-order valence-electron chi connectivity index (χ2n) is 4.55. The van der Waals surface area contributed by atoms with Crippen LogP contribution in [0.1, 0.15) is 25.3 Å². The van der Waals surface area contributed by atoms with E-state index < -0.39 is 0 Å². The van der Waals surface area contributed by atoms with Crippen molar-refractivity contribution < 1.29 is 4.74 Å². The van der Waals surface area contributed by atoms with Crippen LogP contribution in [-0.4, -0.2) is 6.61 Å². The highest BCUT2D eigenvalue weighted by atomic mass is 16.5. The average molecular weight is 279 g/mol. The third-order valence-electron chi connectivity index (χ3n) is 2.88. The molecule has 106 valence electrons. The molecule has 0 N–H and O–H groups in total. The first-order valence-electron chi connectivity index (χ1n) is 6.96. The molecule has 4 nitrogen and oxygen atoms in total. The van der Waals surface area contributed by atoms with Crippen LogP contribution >= 0.6 is 0 Å². The number of nitriles is 1. The van der Waals surface area contributed by atoms with E-state index in [-0.39, 0.29) is 0 Å². The van der Waals surface area contributed by atoms with Gasteiger partial charge in [-0.1, -0.05) is 13.3 Å². The van der Waals surface area contributed by atoms with E-state index in [1.807, 2.05) is 24.3 Å². The van der Waals surface area contributed by atoms with Gasteiger partial charge in [0.2, 0.25) is 0 Å². The molecule has 0 amide bonds. The highest BCUT2D eigenvalue weighted by molar-refractivity contribution is 5.44. The maximum atomic E-state index is 8.72. The van der Waals surface area contributed by atoms with Crippen molar-refractivity contribution in [2.45, 2.75) is 19.8 Å². The predicted molar refractivity (Wildman–Crippen MR) is 82.2 cm³/mol. The number of benzene rings is 2. The summed E-state index contributed by atoms with van der Waals surface area (Å²) >= 11 is 0. The average Bonchev–Trinajstić information content (AvgIpc) is 2.55. The summed E-state index contributed by atoms with van der Waals surface area (Å²) in [5.41, 5.74) is 2.10. The van der Waals surface area contributed by atoms with E-state index in [0.717, 1.165) is 36.6 Å². The lowest BCUT2D eigenvalue weighted by atomic mass is 10.2. The van der Waals surface area contributed by atoms with Gasteiger partial charge in [-0.3, -0.25) is 0 Å². The van der Waals surface area contributed by atoms with Crippen LogP contribution in [0.2, 0.25) is 0 Å². The van der Waals surface area contributed by atoms with Gasteiger partial charge in [0.05, 0.1) is 29.6 Å². The van der Waals surface area contributed by atoms with Gasteiger partial charge in [-0.15, -0.1) is 0 Å². The summed E-state index contributed by atoms with van der Waals surface area (Å²) in [4.78, 5) is 0. The van der Waals surface area contributed by atoms with Gasteiger partial charge in [0.25, 0.3) is 0 Å². The summed E-state index contributed by atoms with van der Waals surface area (Å²) in [6, 6.07) is 16.6. The normalized spacial score (nSPS) is 10.5. The number of rotatable bonds is 6. The van der Waals surface area contributed by atoms with Crippen LogP contribution in [0.4, 0.5) is 11.4 Å². The maximum absolute atomic E-state index is 8.72. The molecule has 0 aliphatic carbocycles. The fourth-order valence-electron chi connectivity index (χ4n) is 1.66. The number of unbranched alkanes of at least 4 members (excludes halogenated alkanes) is 1. The summed E-state index contributed by atoms with van der Waals surface area (Å²) in [6.07, 6.45) is 2.18. The molecular weight excluding hydrogens is 262 g/mol. The van der Waals surface area contributed by atoms with Crippen LogP contribution in [-0.2, 0) is 0 Å². The van der Waals surface area contributed by atoms with Gasteiger partial charge in [0.1, 0.15) is 5.75 Å². The Bertz CT molecular complexity index is 625. The van der Waals surface area contributed by atoms with Crippen LogP contribution < -0.4 is 4.74 Å². The standard InChI is InChI=1S/C17H17N3O/c1-2-3-12-21-17-10-8-16(9-11-17)20-19-15-6-4-14(13-18)5-7-15/h4-11H,2-3,12H2,1H3. The SMILES string of the molecule is CCCCOc1ccc(N=Nc2ccc(C#N)cc2)cc1. The predicted octanol–water partition coefficient (Wildman–Crippen LogP) is 5.15. The number of nitrogens with zero attached hydrogens (tertiary/aromatic N) is 3. The summed E-state index contributed by atoms with van der Waals surface area (Å²) in [6.45, 7) is 2.87. The van der Waals surface area contributed by atoms with Gasteiger partial charge < -0.3 is 4.74 Å². The Kier molecular flexibility index (Phi) is 5.48. The van der Waals surface area contributed by atoms with Crippen molar-refractivity contribution in [1.29, 1.82) is 5.26 Å². The Morgan fingerprint density at radius 1 is 0.952 bits per heavy atom. The summed E-state index contributed by atoms with van der Waals surface area (Å²) in [5, 5.41) is 17.0. The molecule has 0 aromatic heterocycles. The topological polar surface area (TPSA) is 57.7 Å². The minimum atomic E-state index is 0.613. The van der Waals surface area contributed by atoms with Crippen molar-refractivity contribution in [1.82, 2.24) is 0 Å². The van der Waals surface area contributed by atoms with Gasteiger partial charge >= 0.3 is 0 Å². The van der Waals surface area contributed by atoms with Crippen molar-refractivity contribution in [2.24, 2.45) is 10.2 Å². The Balaban J connectivity index is 1.95. The maximum Gasteiger partial charge on any atom is 0.119 e. The molecule has 2 aromatic rings. The van der Waals surface area contributed by atoms with E-state index >= 15 is 0 Å². The molecule has 0 atom stereocenters. The molecule has 0 aliphatic rings. The van der Waals surface area contributed by atoms with Crippen LogP contribution in [0.3, 0.4) is 0 Å². The molecule has 2 rings (SSSR count). The summed E-state index contributed by atoms with van der Waals surface area (Å²) in [5.74, 6) is 0.848. The van der Waals surface area contributed by atoms with Gasteiger partial charge in [-0.05, 0) is 55.0 Å². The second-order valence-corrected chi connectivity index (χ2v) is 4.55. The molecule has 0 aliphatic heterocycles. The lowest BCUT2D eigenvalue weighted by Gasteiger charge is -2.04. The van der Waals surface area contributed by atoms with E-state index in [4.69, 9.17) is 10.00 Å². The molecule has 0 fully saturated rings. The minimum absolute atomic E-state index is 0.613. The van der Waals surface area contributed by atoms with E-state index in [1.54, 1.807) is 24.3 Å². The number of ether oxygens (including phenoxy) is 1. The van der Waals surface area contributed by atoms with Crippen molar-refractivity contribution >= 4 is 11.4 Å². The summed E-state index contributed by atoms with van der Waals surface area (Å²) in [7, 11) is 0. The Morgan fingerprint density at radius 2 is 1.52 bits per heavy atom. The molecule has 0 spiro atoms. The van der Waals surface area contributed by atoms with E-state index in [9.17, 15) is 0 Å². The van der Waals surface area contributed by atoms with Gasteiger partial charge in [-0.25, -0.2) is 0 Å². The Morgan fingerprint density at radius 3 is 2.05 bits per heavy atom. The third kappa shape index (κ3) is 4.73. The van der Waals surface area contributed by atoms with Gasteiger partial charge in [-0.2, -0.15) is 15.5 Å². The molecule has 0 unspecified atom stereocenters. The van der Waals surface area contributed by atoms with Crippen LogP contribution in [0.5, 0.6) is 5.75 Å². The largest absolute Gasteiger partial charge is 0.494 e. The van der Waals surface area contributed by atoms with Crippen LogP contribution in [0.25, 0.3) is 0 Å². The van der Waals surface area contributed by atoms with Gasteiger partial charge in [0.15, 0.2) is 0 Å². The minimum Gasteiger partial charge on any atom is -0.494 e. The monoisotopic (exact) mass is 279 g/mol. The highest BCUT2D eigenvalue weighted by Crippen LogP contribution is 2.21. The van der Waals surface area contributed by atoms with E-state index in [1.165, 1.54) is 0 Å². The lowest BCUT2D eigenvalue weighted by Crippen LogP contribution is -1.95. The van der Waals surface area contributed by atoms with Crippen molar-refractivity contribution in [3.05, 3.63) is 54.1 Å². The van der Waals surface area contributed by atoms with Gasteiger partial charge in [0, 0.05) is 0 Å². The first-order valence-corrected chi connectivity index (χ1v) is 6.96. The van der Waals surface area contributed by atoms with E-state index in [2.05, 4.69) is 23.2 Å². The third-order valence-corrected chi connectivity index (χ3v) is 2.88. The van der Waals surface area contributed by atoms with Crippen molar-refractivity contribution in [2.75, 3.05) is 6.61 Å². The Labute approximate surface area is 124 Å².